The zero-order chi connectivity index (χ0) is 21.4. The van der Waals surface area contributed by atoms with Crippen molar-refractivity contribution in [3.63, 3.8) is 0 Å². The van der Waals surface area contributed by atoms with Crippen LogP contribution in [0.5, 0.6) is 23.5 Å². The molecule has 1 unspecified atom stereocenters. The predicted octanol–water partition coefficient (Wildman–Crippen LogP) is 2.60. The number of carbonyl (C=O) groups is 2. The van der Waals surface area contributed by atoms with Gasteiger partial charge in [-0.3, -0.25) is 4.79 Å². The Hall–Kier alpha value is -3.36. The fraction of sp³-hybridized carbons (Fsp3) is 0.400. The molecule has 9 heteroatoms. The summed E-state index contributed by atoms with van der Waals surface area (Å²) in [5.74, 6) is -0.0946. The number of rotatable bonds is 9. The number of aromatic nitrogens is 2. The van der Waals surface area contributed by atoms with Crippen molar-refractivity contribution < 1.29 is 28.5 Å². The lowest BCUT2D eigenvalue weighted by Crippen LogP contribution is -2.42. The molecular formula is C20H25N3O6. The van der Waals surface area contributed by atoms with E-state index >= 15 is 0 Å². The van der Waals surface area contributed by atoms with E-state index in [-0.39, 0.29) is 35.0 Å². The number of hydrogen-bond acceptors (Lipinski definition) is 8. The average Bonchev–Trinajstić information content (AvgIpc) is 2.72. The molecule has 0 spiro atoms. The highest BCUT2D eigenvalue weighted by Gasteiger charge is 2.25. The molecule has 1 aromatic carbocycles. The molecule has 0 radical (unpaired) electrons. The fourth-order valence-corrected chi connectivity index (χ4v) is 2.54. The van der Waals surface area contributed by atoms with E-state index in [1.807, 2.05) is 13.8 Å². The summed E-state index contributed by atoms with van der Waals surface area (Å²) in [6.07, 6.45) is 0.442. The molecule has 0 aliphatic carbocycles. The van der Waals surface area contributed by atoms with Crippen molar-refractivity contribution in [3.05, 3.63) is 35.9 Å². The molecule has 1 aromatic heterocycles. The molecule has 2 aromatic rings. The number of ether oxygens (including phenoxy) is 4. The van der Waals surface area contributed by atoms with Crippen LogP contribution in [0.1, 0.15) is 30.6 Å². The first-order valence-electron chi connectivity index (χ1n) is 9.00. The maximum absolute atomic E-state index is 12.8. The third-order valence-corrected chi connectivity index (χ3v) is 3.91. The van der Waals surface area contributed by atoms with E-state index in [4.69, 9.17) is 18.9 Å². The van der Waals surface area contributed by atoms with E-state index in [9.17, 15) is 9.59 Å². The number of nitrogens with zero attached hydrogens (tertiary/aromatic N) is 2. The smallest absolute Gasteiger partial charge is 0.328 e. The number of benzene rings is 1. The number of esters is 1. The minimum atomic E-state index is -0.770. The summed E-state index contributed by atoms with van der Waals surface area (Å²) in [6, 6.07) is 7.24. The highest BCUT2D eigenvalue weighted by molar-refractivity contribution is 5.99. The van der Waals surface area contributed by atoms with Crippen LogP contribution < -0.4 is 19.5 Å². The fourth-order valence-electron chi connectivity index (χ4n) is 2.54. The second kappa shape index (κ2) is 10.3. The standard InChI is InChI=1S/C20H25N3O6/c1-12(2)10-14(19(25)28-5)21-18(24)13-8-6-7-9-15(13)29-20-22-16(26-3)11-17(23-20)27-4/h6-9,11-12,14H,10H2,1-5H3,(H,21,24). The van der Waals surface area contributed by atoms with Gasteiger partial charge in [0.15, 0.2) is 0 Å². The predicted molar refractivity (Wildman–Crippen MR) is 104 cm³/mol. The van der Waals surface area contributed by atoms with Crippen molar-refractivity contribution in [3.8, 4) is 23.5 Å². The number of para-hydroxylation sites is 1. The molecule has 156 valence electrons. The van der Waals surface area contributed by atoms with Crippen LogP contribution in [0.4, 0.5) is 0 Å². The summed E-state index contributed by atoms with van der Waals surface area (Å²) in [6.45, 7) is 3.90. The van der Waals surface area contributed by atoms with Crippen molar-refractivity contribution >= 4 is 11.9 Å². The summed E-state index contributed by atoms with van der Waals surface area (Å²) in [4.78, 5) is 33.0. The lowest BCUT2D eigenvalue weighted by Gasteiger charge is -2.19. The molecule has 0 saturated carbocycles. The van der Waals surface area contributed by atoms with Gasteiger partial charge in [-0.05, 0) is 24.5 Å². The van der Waals surface area contributed by atoms with Gasteiger partial charge in [0.05, 0.1) is 33.0 Å². The Morgan fingerprint density at radius 3 is 2.21 bits per heavy atom. The van der Waals surface area contributed by atoms with Gasteiger partial charge in [-0.15, -0.1) is 0 Å². The molecule has 1 N–H and O–H groups in total. The lowest BCUT2D eigenvalue weighted by atomic mass is 10.0. The van der Waals surface area contributed by atoms with Crippen molar-refractivity contribution in [1.82, 2.24) is 15.3 Å². The van der Waals surface area contributed by atoms with Crippen LogP contribution in [0.2, 0.25) is 0 Å². The SMILES string of the molecule is COC(=O)C(CC(C)C)NC(=O)c1ccccc1Oc1nc(OC)cc(OC)n1. The number of hydrogen-bond donors (Lipinski definition) is 1. The number of carbonyl (C=O) groups excluding carboxylic acids is 2. The van der Waals surface area contributed by atoms with Gasteiger partial charge in [0.2, 0.25) is 11.8 Å². The van der Waals surface area contributed by atoms with Gasteiger partial charge in [0.25, 0.3) is 5.91 Å². The third kappa shape index (κ3) is 6.06. The molecule has 9 nitrogen and oxygen atoms in total. The van der Waals surface area contributed by atoms with Crippen molar-refractivity contribution in [2.75, 3.05) is 21.3 Å². The Morgan fingerprint density at radius 1 is 1.03 bits per heavy atom. The van der Waals surface area contributed by atoms with Crippen LogP contribution in [-0.2, 0) is 9.53 Å². The van der Waals surface area contributed by atoms with Crippen molar-refractivity contribution in [2.45, 2.75) is 26.3 Å². The molecule has 0 saturated heterocycles. The summed E-state index contributed by atoms with van der Waals surface area (Å²) in [7, 11) is 4.19. The second-order valence-corrected chi connectivity index (χ2v) is 6.51. The summed E-state index contributed by atoms with van der Waals surface area (Å²) < 4.78 is 20.7. The normalized spacial score (nSPS) is 11.5. The first-order valence-corrected chi connectivity index (χ1v) is 9.00. The quantitative estimate of drug-likeness (QED) is 0.637. The average molecular weight is 403 g/mol. The summed E-state index contributed by atoms with van der Waals surface area (Å²) in [5, 5.41) is 2.70. The van der Waals surface area contributed by atoms with Gasteiger partial charge in [-0.1, -0.05) is 26.0 Å². The maximum Gasteiger partial charge on any atom is 0.328 e. The second-order valence-electron chi connectivity index (χ2n) is 6.51. The Balaban J connectivity index is 2.28. The molecule has 0 aliphatic heterocycles. The minimum Gasteiger partial charge on any atom is -0.481 e. The maximum atomic E-state index is 12.8. The minimum absolute atomic E-state index is 0.0480. The largest absolute Gasteiger partial charge is 0.481 e. The van der Waals surface area contributed by atoms with E-state index in [2.05, 4.69) is 15.3 Å². The van der Waals surface area contributed by atoms with Crippen molar-refractivity contribution in [1.29, 1.82) is 0 Å². The van der Waals surface area contributed by atoms with Crippen molar-refractivity contribution in [2.24, 2.45) is 5.92 Å². The third-order valence-electron chi connectivity index (χ3n) is 3.91. The first kappa shape index (κ1) is 21.9. The topological polar surface area (TPSA) is 109 Å². The summed E-state index contributed by atoms with van der Waals surface area (Å²) in [5.41, 5.74) is 0.218. The highest BCUT2D eigenvalue weighted by Crippen LogP contribution is 2.26. The zero-order valence-electron chi connectivity index (χ0n) is 17.1. The highest BCUT2D eigenvalue weighted by atomic mass is 16.5. The number of methoxy groups -OCH3 is 3. The molecule has 0 aliphatic rings. The molecule has 1 amide bonds. The Morgan fingerprint density at radius 2 is 1.66 bits per heavy atom. The molecule has 1 atom stereocenters. The van der Waals surface area contributed by atoms with Crippen LogP contribution in [-0.4, -0.2) is 49.2 Å². The molecule has 1 heterocycles. The van der Waals surface area contributed by atoms with Crippen LogP contribution >= 0.6 is 0 Å². The van der Waals surface area contributed by atoms with Gasteiger partial charge in [0, 0.05) is 0 Å². The number of amides is 1. The van der Waals surface area contributed by atoms with Gasteiger partial charge in [0.1, 0.15) is 11.8 Å². The van der Waals surface area contributed by atoms with E-state index < -0.39 is 17.9 Å². The van der Waals surface area contributed by atoms with Gasteiger partial charge < -0.3 is 24.3 Å². The molecule has 2 rings (SSSR count). The summed E-state index contributed by atoms with van der Waals surface area (Å²) >= 11 is 0. The van der Waals surface area contributed by atoms with E-state index in [1.54, 1.807) is 24.3 Å². The van der Waals surface area contributed by atoms with Gasteiger partial charge in [-0.25, -0.2) is 4.79 Å². The monoisotopic (exact) mass is 403 g/mol. The van der Waals surface area contributed by atoms with Crippen LogP contribution in [0.3, 0.4) is 0 Å². The first-order chi connectivity index (χ1) is 13.9. The van der Waals surface area contributed by atoms with Crippen LogP contribution in [0.15, 0.2) is 30.3 Å². The van der Waals surface area contributed by atoms with E-state index in [0.29, 0.717) is 6.42 Å². The van der Waals surface area contributed by atoms with Crippen LogP contribution in [0, 0.1) is 5.92 Å². The van der Waals surface area contributed by atoms with E-state index in [0.717, 1.165) is 0 Å². The molecule has 0 bridgehead atoms. The zero-order valence-corrected chi connectivity index (χ0v) is 17.1. The molecule has 29 heavy (non-hydrogen) atoms. The van der Waals surface area contributed by atoms with Gasteiger partial charge in [-0.2, -0.15) is 9.97 Å². The Labute approximate surface area is 169 Å². The van der Waals surface area contributed by atoms with Crippen LogP contribution in [0.25, 0.3) is 0 Å². The number of nitrogens with one attached hydrogen (secondary N) is 1. The Bertz CT molecular complexity index is 834. The lowest BCUT2D eigenvalue weighted by molar-refractivity contribution is -0.143. The van der Waals surface area contributed by atoms with Gasteiger partial charge >= 0.3 is 12.0 Å². The molecule has 0 fully saturated rings. The molecular weight excluding hydrogens is 378 g/mol. The van der Waals surface area contributed by atoms with E-state index in [1.165, 1.54) is 27.4 Å². The Kier molecular flexibility index (Phi) is 7.76.